The van der Waals surface area contributed by atoms with Crippen molar-refractivity contribution in [3.05, 3.63) is 41.5 Å². The highest BCUT2D eigenvalue weighted by molar-refractivity contribution is 6.25. The number of hydrogen-bond donors (Lipinski definition) is 0. The Bertz CT molecular complexity index is 656. The number of Topliss-reactive ketones (excluding diaryl/α,β-unsaturated/α-hetero) is 2. The van der Waals surface area contributed by atoms with Gasteiger partial charge in [0.05, 0.1) is 13.5 Å². The molecule has 0 spiro atoms. The molecule has 0 bridgehead atoms. The van der Waals surface area contributed by atoms with Gasteiger partial charge in [-0.1, -0.05) is 6.07 Å². The van der Waals surface area contributed by atoms with Crippen LogP contribution >= 0.6 is 0 Å². The molecule has 17 heavy (non-hydrogen) atoms. The summed E-state index contributed by atoms with van der Waals surface area (Å²) < 4.78 is 5.14. The van der Waals surface area contributed by atoms with Crippen molar-refractivity contribution < 1.29 is 14.3 Å². The predicted octanol–water partition coefficient (Wildman–Crippen LogP) is 2.62. The molecule has 1 aliphatic carbocycles. The number of carbonyl (C=O) groups excluding carboxylic acids is 2. The average molecular weight is 226 g/mol. The molecule has 0 fully saturated rings. The highest BCUT2D eigenvalue weighted by Crippen LogP contribution is 2.29. The summed E-state index contributed by atoms with van der Waals surface area (Å²) in [7, 11) is 1.60. The van der Waals surface area contributed by atoms with Gasteiger partial charge in [-0.3, -0.25) is 9.59 Å². The maximum absolute atomic E-state index is 11.6. The zero-order valence-electron chi connectivity index (χ0n) is 9.32. The van der Waals surface area contributed by atoms with Crippen molar-refractivity contribution in [1.82, 2.24) is 0 Å². The van der Waals surface area contributed by atoms with Crippen LogP contribution in [0.5, 0.6) is 5.75 Å². The summed E-state index contributed by atoms with van der Waals surface area (Å²) in [5.74, 6) is 0.576. The van der Waals surface area contributed by atoms with E-state index >= 15 is 0 Å². The Balaban J connectivity index is 2.31. The molecule has 0 heterocycles. The molecule has 0 atom stereocenters. The van der Waals surface area contributed by atoms with Crippen LogP contribution in [0.25, 0.3) is 10.8 Å². The van der Waals surface area contributed by atoms with Crippen LogP contribution < -0.4 is 4.74 Å². The van der Waals surface area contributed by atoms with Gasteiger partial charge in [0.2, 0.25) is 0 Å². The fourth-order valence-corrected chi connectivity index (χ4v) is 2.20. The summed E-state index contributed by atoms with van der Waals surface area (Å²) in [6, 6.07) is 9.17. The normalized spacial score (nSPS) is 14.2. The van der Waals surface area contributed by atoms with Crippen molar-refractivity contribution in [1.29, 1.82) is 0 Å². The highest BCUT2D eigenvalue weighted by Gasteiger charge is 2.27. The van der Waals surface area contributed by atoms with Crippen LogP contribution in [0.2, 0.25) is 0 Å². The molecule has 3 nitrogen and oxygen atoms in total. The molecule has 0 radical (unpaired) electrons. The van der Waals surface area contributed by atoms with Crippen molar-refractivity contribution in [3.63, 3.8) is 0 Å². The van der Waals surface area contributed by atoms with Crippen molar-refractivity contribution in [3.8, 4) is 5.75 Å². The number of benzene rings is 2. The molecule has 1 aliphatic rings. The van der Waals surface area contributed by atoms with Gasteiger partial charge in [0.1, 0.15) is 5.75 Å². The van der Waals surface area contributed by atoms with E-state index in [1.54, 1.807) is 19.2 Å². The second kappa shape index (κ2) is 3.42. The minimum Gasteiger partial charge on any atom is -0.497 e. The van der Waals surface area contributed by atoms with Gasteiger partial charge in [0.15, 0.2) is 11.6 Å². The lowest BCUT2D eigenvalue weighted by Crippen LogP contribution is -1.91. The first-order valence-electron chi connectivity index (χ1n) is 5.37. The third-order valence-corrected chi connectivity index (χ3v) is 3.11. The van der Waals surface area contributed by atoms with Crippen LogP contribution in [-0.2, 0) is 0 Å². The standard InChI is InChI=1S/C14H10O3/c1-17-10-3-2-8-5-11-12(6-9(8)4-10)14(16)7-13(11)15/h2-6H,7H2,1H3. The molecule has 84 valence electrons. The molecule has 2 aromatic rings. The van der Waals surface area contributed by atoms with Gasteiger partial charge in [0.25, 0.3) is 0 Å². The van der Waals surface area contributed by atoms with Gasteiger partial charge in [0, 0.05) is 11.1 Å². The van der Waals surface area contributed by atoms with Gasteiger partial charge in [-0.25, -0.2) is 0 Å². The lowest BCUT2D eigenvalue weighted by molar-refractivity contribution is 0.0923. The van der Waals surface area contributed by atoms with E-state index in [1.165, 1.54) is 0 Å². The zero-order valence-corrected chi connectivity index (χ0v) is 9.32. The largest absolute Gasteiger partial charge is 0.497 e. The minimum absolute atomic E-state index is 0.00277. The quantitative estimate of drug-likeness (QED) is 0.702. The number of ether oxygens (including phenoxy) is 1. The summed E-state index contributed by atoms with van der Waals surface area (Å²) >= 11 is 0. The molecule has 0 aromatic heterocycles. The van der Waals surface area contributed by atoms with E-state index < -0.39 is 0 Å². The fourth-order valence-electron chi connectivity index (χ4n) is 2.20. The first-order valence-corrected chi connectivity index (χ1v) is 5.37. The molecular formula is C14H10O3. The van der Waals surface area contributed by atoms with Crippen LogP contribution in [-0.4, -0.2) is 18.7 Å². The number of carbonyl (C=O) groups is 2. The van der Waals surface area contributed by atoms with E-state index in [0.29, 0.717) is 11.1 Å². The van der Waals surface area contributed by atoms with Crippen LogP contribution in [0, 0.1) is 0 Å². The van der Waals surface area contributed by atoms with Crippen molar-refractivity contribution >= 4 is 22.3 Å². The summed E-state index contributed by atoms with van der Waals surface area (Å²) in [5, 5.41) is 1.87. The summed E-state index contributed by atoms with van der Waals surface area (Å²) in [5.41, 5.74) is 1.09. The van der Waals surface area contributed by atoms with E-state index in [0.717, 1.165) is 16.5 Å². The average Bonchev–Trinajstić information content (AvgIpc) is 2.62. The minimum atomic E-state index is -0.0882. The van der Waals surface area contributed by atoms with Crippen molar-refractivity contribution in [2.45, 2.75) is 6.42 Å². The number of methoxy groups -OCH3 is 1. The Labute approximate surface area is 98.0 Å². The lowest BCUT2D eigenvalue weighted by Gasteiger charge is -2.04. The Morgan fingerprint density at radius 2 is 1.59 bits per heavy atom. The van der Waals surface area contributed by atoms with E-state index in [-0.39, 0.29) is 18.0 Å². The molecule has 3 rings (SSSR count). The molecule has 2 aromatic carbocycles. The molecule has 3 heteroatoms. The molecule has 0 amide bonds. The van der Waals surface area contributed by atoms with Crippen molar-refractivity contribution in [2.24, 2.45) is 0 Å². The zero-order chi connectivity index (χ0) is 12.0. The van der Waals surface area contributed by atoms with E-state index in [2.05, 4.69) is 0 Å². The lowest BCUT2D eigenvalue weighted by atomic mass is 10.0. The maximum Gasteiger partial charge on any atom is 0.171 e. The van der Waals surface area contributed by atoms with Crippen LogP contribution in [0.4, 0.5) is 0 Å². The van der Waals surface area contributed by atoms with Gasteiger partial charge in [-0.15, -0.1) is 0 Å². The summed E-state index contributed by atoms with van der Waals surface area (Å²) in [6.07, 6.45) is 0.00277. The second-order valence-corrected chi connectivity index (χ2v) is 4.13. The Morgan fingerprint density at radius 1 is 0.941 bits per heavy atom. The summed E-state index contributed by atoms with van der Waals surface area (Å²) in [4.78, 5) is 23.2. The molecule has 0 unspecified atom stereocenters. The van der Waals surface area contributed by atoms with Crippen LogP contribution in [0.3, 0.4) is 0 Å². The van der Waals surface area contributed by atoms with E-state index in [4.69, 9.17) is 4.74 Å². The Hall–Kier alpha value is -2.16. The van der Waals surface area contributed by atoms with E-state index in [9.17, 15) is 9.59 Å². The third-order valence-electron chi connectivity index (χ3n) is 3.11. The molecule has 0 aliphatic heterocycles. The van der Waals surface area contributed by atoms with E-state index in [1.807, 2.05) is 18.2 Å². The Kier molecular flexibility index (Phi) is 2.01. The third kappa shape index (κ3) is 1.43. The molecular weight excluding hydrogens is 216 g/mol. The van der Waals surface area contributed by atoms with Crippen LogP contribution in [0.1, 0.15) is 27.1 Å². The van der Waals surface area contributed by atoms with Crippen molar-refractivity contribution in [2.75, 3.05) is 7.11 Å². The molecule has 0 saturated carbocycles. The number of hydrogen-bond acceptors (Lipinski definition) is 3. The first-order chi connectivity index (χ1) is 8.19. The van der Waals surface area contributed by atoms with Crippen LogP contribution in [0.15, 0.2) is 30.3 Å². The van der Waals surface area contributed by atoms with Gasteiger partial charge in [-0.2, -0.15) is 0 Å². The first kappa shape index (κ1) is 10.0. The topological polar surface area (TPSA) is 43.4 Å². The van der Waals surface area contributed by atoms with Gasteiger partial charge in [-0.05, 0) is 35.0 Å². The molecule has 0 saturated heterocycles. The molecule has 0 N–H and O–H groups in total. The number of ketones is 2. The second-order valence-electron chi connectivity index (χ2n) is 4.13. The Morgan fingerprint density at radius 3 is 2.24 bits per heavy atom. The van der Waals surface area contributed by atoms with Gasteiger partial charge < -0.3 is 4.74 Å². The summed E-state index contributed by atoms with van der Waals surface area (Å²) in [6.45, 7) is 0. The maximum atomic E-state index is 11.6. The number of fused-ring (bicyclic) bond motifs is 2. The highest BCUT2D eigenvalue weighted by atomic mass is 16.5. The fraction of sp³-hybridized carbons (Fsp3) is 0.143. The number of rotatable bonds is 1. The monoisotopic (exact) mass is 226 g/mol. The smallest absolute Gasteiger partial charge is 0.171 e. The predicted molar refractivity (Wildman–Crippen MR) is 63.8 cm³/mol. The SMILES string of the molecule is COc1ccc2cc3c(cc2c1)C(=O)CC3=O. The van der Waals surface area contributed by atoms with Gasteiger partial charge >= 0.3 is 0 Å².